The third-order valence-electron chi connectivity index (χ3n) is 2.61. The number of ether oxygens (including phenoxy) is 2. The van der Waals surface area contributed by atoms with E-state index in [0.717, 1.165) is 5.56 Å². The Balaban J connectivity index is 2.02. The molecule has 4 nitrogen and oxygen atoms in total. The molecule has 2 rings (SSSR count). The highest BCUT2D eigenvalue weighted by Crippen LogP contribution is 2.26. The Bertz CT molecular complexity index is 684. The Morgan fingerprint density at radius 1 is 1.14 bits per heavy atom. The van der Waals surface area contributed by atoms with E-state index in [4.69, 9.17) is 32.7 Å². The van der Waals surface area contributed by atoms with Gasteiger partial charge in [0, 0.05) is 6.21 Å². The van der Waals surface area contributed by atoms with Crippen molar-refractivity contribution in [2.45, 2.75) is 6.92 Å². The van der Waals surface area contributed by atoms with E-state index in [1.807, 2.05) is 0 Å². The fourth-order valence-electron chi connectivity index (χ4n) is 1.58. The maximum absolute atomic E-state index is 11.2. The standard InChI is InChI=1S/C16H13Cl2NO3/c1-2-21-16(20)22-13-6-3-11(4-7-13)10-19-12-5-8-14(17)15(18)9-12/h3-10H,2H2,1H3. The van der Waals surface area contributed by atoms with Gasteiger partial charge in [0.05, 0.1) is 22.3 Å². The molecular formula is C16H13Cl2NO3. The van der Waals surface area contributed by atoms with Gasteiger partial charge >= 0.3 is 6.16 Å². The lowest BCUT2D eigenvalue weighted by atomic mass is 10.2. The van der Waals surface area contributed by atoms with Crippen molar-refractivity contribution >= 4 is 41.3 Å². The molecule has 114 valence electrons. The molecule has 2 aromatic carbocycles. The molecule has 0 amide bonds. The normalized spacial score (nSPS) is 10.7. The lowest BCUT2D eigenvalue weighted by molar-refractivity contribution is 0.104. The van der Waals surface area contributed by atoms with Crippen LogP contribution in [0.15, 0.2) is 47.5 Å². The zero-order chi connectivity index (χ0) is 15.9. The first-order chi connectivity index (χ1) is 10.6. The van der Waals surface area contributed by atoms with Crippen LogP contribution in [0.4, 0.5) is 10.5 Å². The van der Waals surface area contributed by atoms with Gasteiger partial charge in [-0.05, 0) is 55.0 Å². The van der Waals surface area contributed by atoms with E-state index in [0.29, 0.717) is 21.5 Å². The van der Waals surface area contributed by atoms with Crippen LogP contribution < -0.4 is 4.74 Å². The van der Waals surface area contributed by atoms with E-state index in [1.165, 1.54) is 0 Å². The van der Waals surface area contributed by atoms with Crippen molar-refractivity contribution < 1.29 is 14.3 Å². The first kappa shape index (κ1) is 16.3. The number of rotatable bonds is 4. The molecule has 0 aliphatic heterocycles. The zero-order valence-electron chi connectivity index (χ0n) is 11.8. The monoisotopic (exact) mass is 337 g/mol. The molecule has 0 saturated carbocycles. The van der Waals surface area contributed by atoms with Crippen molar-refractivity contribution in [1.29, 1.82) is 0 Å². The van der Waals surface area contributed by atoms with Gasteiger partial charge < -0.3 is 9.47 Å². The summed E-state index contributed by atoms with van der Waals surface area (Å²) >= 11 is 11.8. The molecule has 0 radical (unpaired) electrons. The van der Waals surface area contributed by atoms with E-state index in [9.17, 15) is 4.79 Å². The predicted octanol–water partition coefficient (Wildman–Crippen LogP) is 5.28. The number of hydrogen-bond donors (Lipinski definition) is 0. The molecule has 0 aliphatic rings. The Morgan fingerprint density at radius 2 is 1.86 bits per heavy atom. The van der Waals surface area contributed by atoms with Crippen LogP contribution >= 0.6 is 23.2 Å². The van der Waals surface area contributed by atoms with Crippen LogP contribution in [-0.2, 0) is 4.74 Å². The molecule has 22 heavy (non-hydrogen) atoms. The Morgan fingerprint density at radius 3 is 2.50 bits per heavy atom. The van der Waals surface area contributed by atoms with Gasteiger partial charge in [0.1, 0.15) is 5.75 Å². The summed E-state index contributed by atoms with van der Waals surface area (Å²) in [5, 5.41) is 0.940. The largest absolute Gasteiger partial charge is 0.513 e. The second-order valence-corrected chi connectivity index (χ2v) is 5.03. The van der Waals surface area contributed by atoms with Crippen molar-refractivity contribution in [1.82, 2.24) is 0 Å². The highest BCUT2D eigenvalue weighted by Gasteiger charge is 2.04. The number of aliphatic imine (C=N–C) groups is 1. The molecule has 0 fully saturated rings. The average Bonchev–Trinajstić information content (AvgIpc) is 2.50. The summed E-state index contributed by atoms with van der Waals surface area (Å²) in [6.45, 7) is 1.98. The minimum absolute atomic E-state index is 0.271. The van der Waals surface area contributed by atoms with Gasteiger partial charge in [-0.2, -0.15) is 0 Å². The number of halogens is 2. The van der Waals surface area contributed by atoms with Gasteiger partial charge in [0.15, 0.2) is 0 Å². The van der Waals surface area contributed by atoms with Crippen LogP contribution in [0, 0.1) is 0 Å². The molecule has 2 aromatic rings. The minimum Gasteiger partial charge on any atom is -0.434 e. The summed E-state index contributed by atoms with van der Waals surface area (Å²) in [7, 11) is 0. The van der Waals surface area contributed by atoms with Crippen molar-refractivity contribution in [2.75, 3.05) is 6.61 Å². The maximum Gasteiger partial charge on any atom is 0.513 e. The van der Waals surface area contributed by atoms with E-state index in [2.05, 4.69) is 4.99 Å². The number of carbonyl (C=O) groups is 1. The number of carbonyl (C=O) groups excluding carboxylic acids is 1. The first-order valence-corrected chi connectivity index (χ1v) is 7.28. The van der Waals surface area contributed by atoms with E-state index in [-0.39, 0.29) is 6.61 Å². The number of benzene rings is 2. The summed E-state index contributed by atoms with van der Waals surface area (Å²) in [6.07, 6.45) is 0.952. The molecule has 6 heteroatoms. The molecule has 0 aliphatic carbocycles. The van der Waals surface area contributed by atoms with E-state index >= 15 is 0 Å². The predicted molar refractivity (Wildman–Crippen MR) is 87.8 cm³/mol. The van der Waals surface area contributed by atoms with Crippen LogP contribution in [0.25, 0.3) is 0 Å². The number of hydrogen-bond acceptors (Lipinski definition) is 4. The molecule has 0 bridgehead atoms. The number of nitrogens with zero attached hydrogens (tertiary/aromatic N) is 1. The van der Waals surface area contributed by atoms with Crippen molar-refractivity contribution in [3.8, 4) is 5.75 Å². The minimum atomic E-state index is -0.722. The molecule has 0 N–H and O–H groups in total. The second-order valence-electron chi connectivity index (χ2n) is 4.21. The quantitative estimate of drug-likeness (QED) is 0.433. The van der Waals surface area contributed by atoms with Crippen LogP contribution in [-0.4, -0.2) is 19.0 Å². The summed E-state index contributed by atoms with van der Waals surface area (Å²) in [5.74, 6) is 0.408. The van der Waals surface area contributed by atoms with E-state index in [1.54, 1.807) is 55.6 Å². The van der Waals surface area contributed by atoms with Crippen LogP contribution in [0.2, 0.25) is 10.0 Å². The molecule has 0 unspecified atom stereocenters. The van der Waals surface area contributed by atoms with Gasteiger partial charge in [-0.1, -0.05) is 23.2 Å². The Hall–Kier alpha value is -2.04. The van der Waals surface area contributed by atoms with Gasteiger partial charge in [0.2, 0.25) is 0 Å². The van der Waals surface area contributed by atoms with Gasteiger partial charge in [0.25, 0.3) is 0 Å². The third kappa shape index (κ3) is 4.76. The average molecular weight is 338 g/mol. The van der Waals surface area contributed by atoms with Crippen LogP contribution in [0.1, 0.15) is 12.5 Å². The third-order valence-corrected chi connectivity index (χ3v) is 3.35. The van der Waals surface area contributed by atoms with Crippen molar-refractivity contribution in [2.24, 2.45) is 4.99 Å². The Kier molecular flexibility index (Phi) is 5.81. The SMILES string of the molecule is CCOC(=O)Oc1ccc(C=Nc2ccc(Cl)c(Cl)c2)cc1. The second kappa shape index (κ2) is 7.82. The fraction of sp³-hybridized carbons (Fsp3) is 0.125. The van der Waals surface area contributed by atoms with Gasteiger partial charge in [-0.3, -0.25) is 4.99 Å². The molecule has 0 saturated heterocycles. The molecular weight excluding hydrogens is 325 g/mol. The van der Waals surface area contributed by atoms with Crippen molar-refractivity contribution in [3.05, 3.63) is 58.1 Å². The van der Waals surface area contributed by atoms with Gasteiger partial charge in [-0.25, -0.2) is 4.79 Å². The van der Waals surface area contributed by atoms with Crippen LogP contribution in [0.3, 0.4) is 0 Å². The molecule has 0 spiro atoms. The topological polar surface area (TPSA) is 47.9 Å². The lowest BCUT2D eigenvalue weighted by Gasteiger charge is -2.03. The summed E-state index contributed by atoms with van der Waals surface area (Å²) < 4.78 is 9.66. The first-order valence-electron chi connectivity index (χ1n) is 6.52. The maximum atomic E-state index is 11.2. The fourth-order valence-corrected chi connectivity index (χ4v) is 1.87. The summed E-state index contributed by atoms with van der Waals surface area (Å²) in [5.41, 5.74) is 1.54. The molecule has 0 heterocycles. The smallest absolute Gasteiger partial charge is 0.434 e. The molecule has 0 aromatic heterocycles. The van der Waals surface area contributed by atoms with Crippen LogP contribution in [0.5, 0.6) is 5.75 Å². The highest BCUT2D eigenvalue weighted by molar-refractivity contribution is 6.42. The highest BCUT2D eigenvalue weighted by atomic mass is 35.5. The molecule has 0 atom stereocenters. The van der Waals surface area contributed by atoms with Gasteiger partial charge in [-0.15, -0.1) is 0 Å². The zero-order valence-corrected chi connectivity index (χ0v) is 13.3. The lowest BCUT2D eigenvalue weighted by Crippen LogP contribution is -2.09. The Labute approximate surface area is 138 Å². The summed E-state index contributed by atoms with van der Waals surface area (Å²) in [6, 6.07) is 12.0. The van der Waals surface area contributed by atoms with Crippen molar-refractivity contribution in [3.63, 3.8) is 0 Å². The summed E-state index contributed by atoms with van der Waals surface area (Å²) in [4.78, 5) is 15.5. The van der Waals surface area contributed by atoms with E-state index < -0.39 is 6.16 Å².